The van der Waals surface area contributed by atoms with E-state index in [1.54, 1.807) is 6.20 Å². The fourth-order valence-corrected chi connectivity index (χ4v) is 3.09. The van der Waals surface area contributed by atoms with Crippen LogP contribution in [0.4, 0.5) is 0 Å². The summed E-state index contributed by atoms with van der Waals surface area (Å²) in [6, 6.07) is 5.95. The van der Waals surface area contributed by atoms with Gasteiger partial charge in [0.15, 0.2) is 0 Å². The molecule has 23 heavy (non-hydrogen) atoms. The molecule has 1 aliphatic rings. The van der Waals surface area contributed by atoms with Crippen LogP contribution in [0.25, 0.3) is 10.9 Å². The van der Waals surface area contributed by atoms with Gasteiger partial charge < -0.3 is 10.2 Å². The zero-order valence-electron chi connectivity index (χ0n) is 14.0. The highest BCUT2D eigenvalue weighted by molar-refractivity contribution is 5.98. The molecule has 1 aromatic carbocycles. The number of nitrogens with one attached hydrogen (secondary N) is 2. The standard InChI is InChI=1S/C18H26N4O/c1-13(2)5-8-22-9-6-16(7-10-22)20-18(23)14-3-4-17-15(11-14)12-19-21-17/h3-4,11-13,16H,5-10H2,1-2H3,(H,19,21)(H,20,23). The van der Waals surface area contributed by atoms with Gasteiger partial charge in [-0.15, -0.1) is 0 Å². The third-order valence-corrected chi connectivity index (χ3v) is 4.65. The molecule has 0 bridgehead atoms. The first-order valence-corrected chi connectivity index (χ1v) is 8.58. The van der Waals surface area contributed by atoms with Crippen LogP contribution < -0.4 is 5.32 Å². The summed E-state index contributed by atoms with van der Waals surface area (Å²) in [5.74, 6) is 0.777. The smallest absolute Gasteiger partial charge is 0.251 e. The maximum absolute atomic E-state index is 12.4. The summed E-state index contributed by atoms with van der Waals surface area (Å²) in [7, 11) is 0. The number of nitrogens with zero attached hydrogens (tertiary/aromatic N) is 2. The molecule has 5 nitrogen and oxygen atoms in total. The molecule has 0 spiro atoms. The van der Waals surface area contributed by atoms with Crippen molar-refractivity contribution in [2.24, 2.45) is 5.92 Å². The quantitative estimate of drug-likeness (QED) is 0.892. The molecule has 3 rings (SSSR count). The van der Waals surface area contributed by atoms with Gasteiger partial charge in [0.1, 0.15) is 0 Å². The summed E-state index contributed by atoms with van der Waals surface area (Å²) >= 11 is 0. The molecule has 0 atom stereocenters. The number of benzene rings is 1. The Morgan fingerprint density at radius 3 is 2.91 bits per heavy atom. The van der Waals surface area contributed by atoms with Crippen LogP contribution in [0.1, 0.15) is 43.5 Å². The normalized spacial score (nSPS) is 17.0. The minimum absolute atomic E-state index is 0.0220. The number of carbonyl (C=O) groups excluding carboxylic acids is 1. The zero-order chi connectivity index (χ0) is 16.2. The maximum atomic E-state index is 12.4. The van der Waals surface area contributed by atoms with Gasteiger partial charge in [0, 0.05) is 30.1 Å². The van der Waals surface area contributed by atoms with Crippen molar-refractivity contribution in [3.63, 3.8) is 0 Å². The summed E-state index contributed by atoms with van der Waals surface area (Å²) in [5, 5.41) is 11.1. The number of aromatic nitrogens is 2. The van der Waals surface area contributed by atoms with Crippen molar-refractivity contribution in [2.45, 2.75) is 39.2 Å². The second-order valence-corrected chi connectivity index (χ2v) is 6.94. The first-order chi connectivity index (χ1) is 11.1. The number of piperidine rings is 1. The zero-order valence-corrected chi connectivity index (χ0v) is 14.0. The summed E-state index contributed by atoms with van der Waals surface area (Å²) in [6.07, 6.45) is 5.08. The monoisotopic (exact) mass is 314 g/mol. The Labute approximate surface area is 137 Å². The van der Waals surface area contributed by atoms with Crippen LogP contribution in [0, 0.1) is 5.92 Å². The predicted octanol–water partition coefficient (Wildman–Crippen LogP) is 2.80. The van der Waals surface area contributed by atoms with E-state index in [2.05, 4.69) is 34.3 Å². The molecule has 5 heteroatoms. The van der Waals surface area contributed by atoms with Gasteiger partial charge in [-0.1, -0.05) is 13.8 Å². The average Bonchev–Trinajstić information content (AvgIpc) is 3.01. The Hall–Kier alpha value is -1.88. The molecule has 1 saturated heterocycles. The van der Waals surface area contributed by atoms with E-state index in [-0.39, 0.29) is 11.9 Å². The number of aromatic amines is 1. The minimum Gasteiger partial charge on any atom is -0.349 e. The largest absolute Gasteiger partial charge is 0.349 e. The molecule has 0 saturated carbocycles. The van der Waals surface area contributed by atoms with Crippen LogP contribution in [-0.2, 0) is 0 Å². The molecule has 1 aromatic heterocycles. The number of amides is 1. The van der Waals surface area contributed by atoms with Crippen molar-refractivity contribution in [2.75, 3.05) is 19.6 Å². The Kier molecular flexibility index (Phi) is 4.96. The van der Waals surface area contributed by atoms with E-state index in [0.29, 0.717) is 5.56 Å². The molecular weight excluding hydrogens is 288 g/mol. The van der Waals surface area contributed by atoms with Gasteiger partial charge in [0.25, 0.3) is 5.91 Å². The highest BCUT2D eigenvalue weighted by Gasteiger charge is 2.21. The van der Waals surface area contributed by atoms with E-state index in [4.69, 9.17) is 0 Å². The van der Waals surface area contributed by atoms with Crippen molar-refractivity contribution >= 4 is 16.8 Å². The van der Waals surface area contributed by atoms with Crippen molar-refractivity contribution in [3.05, 3.63) is 30.0 Å². The van der Waals surface area contributed by atoms with Crippen molar-refractivity contribution in [3.8, 4) is 0 Å². The average molecular weight is 314 g/mol. The number of carbonyl (C=O) groups is 1. The second kappa shape index (κ2) is 7.13. The van der Waals surface area contributed by atoms with E-state index in [9.17, 15) is 4.79 Å². The maximum Gasteiger partial charge on any atom is 0.251 e. The fourth-order valence-electron chi connectivity index (χ4n) is 3.09. The highest BCUT2D eigenvalue weighted by Crippen LogP contribution is 2.15. The molecule has 1 aliphatic heterocycles. The number of hydrogen-bond acceptors (Lipinski definition) is 3. The summed E-state index contributed by atoms with van der Waals surface area (Å²) in [4.78, 5) is 14.9. The van der Waals surface area contributed by atoms with Gasteiger partial charge in [-0.3, -0.25) is 9.89 Å². The molecule has 1 fully saturated rings. The lowest BCUT2D eigenvalue weighted by Gasteiger charge is -2.32. The van der Waals surface area contributed by atoms with Crippen molar-refractivity contribution < 1.29 is 4.79 Å². The van der Waals surface area contributed by atoms with E-state index in [1.165, 1.54) is 13.0 Å². The van der Waals surface area contributed by atoms with E-state index < -0.39 is 0 Å². The lowest BCUT2D eigenvalue weighted by molar-refractivity contribution is 0.0910. The molecule has 2 aromatic rings. The molecular formula is C18H26N4O. The second-order valence-electron chi connectivity index (χ2n) is 6.94. The van der Waals surface area contributed by atoms with E-state index in [0.717, 1.165) is 42.8 Å². The highest BCUT2D eigenvalue weighted by atomic mass is 16.1. The number of rotatable bonds is 5. The summed E-state index contributed by atoms with van der Waals surface area (Å²) < 4.78 is 0. The van der Waals surface area contributed by atoms with Crippen LogP contribution in [-0.4, -0.2) is 46.7 Å². The lowest BCUT2D eigenvalue weighted by Crippen LogP contribution is -2.45. The minimum atomic E-state index is 0.0220. The number of fused-ring (bicyclic) bond motifs is 1. The van der Waals surface area contributed by atoms with Gasteiger partial charge in [0.2, 0.25) is 0 Å². The van der Waals surface area contributed by atoms with E-state index in [1.807, 2.05) is 18.2 Å². The third-order valence-electron chi connectivity index (χ3n) is 4.65. The van der Waals surface area contributed by atoms with Crippen LogP contribution in [0.15, 0.2) is 24.4 Å². The van der Waals surface area contributed by atoms with E-state index >= 15 is 0 Å². The molecule has 2 heterocycles. The molecule has 0 radical (unpaired) electrons. The number of hydrogen-bond donors (Lipinski definition) is 2. The first kappa shape index (κ1) is 16.0. The Morgan fingerprint density at radius 1 is 1.39 bits per heavy atom. The number of likely N-dealkylation sites (tertiary alicyclic amines) is 1. The lowest BCUT2D eigenvalue weighted by atomic mass is 10.0. The van der Waals surface area contributed by atoms with Crippen LogP contribution in [0.2, 0.25) is 0 Å². The summed E-state index contributed by atoms with van der Waals surface area (Å²) in [6.45, 7) is 7.87. The third kappa shape index (κ3) is 4.10. The Bertz CT molecular complexity index is 656. The topological polar surface area (TPSA) is 61.0 Å². The summed E-state index contributed by atoms with van der Waals surface area (Å²) in [5.41, 5.74) is 1.67. The van der Waals surface area contributed by atoms with Gasteiger partial charge >= 0.3 is 0 Å². The van der Waals surface area contributed by atoms with Crippen LogP contribution in [0.5, 0.6) is 0 Å². The fraction of sp³-hybridized carbons (Fsp3) is 0.556. The Morgan fingerprint density at radius 2 is 2.17 bits per heavy atom. The van der Waals surface area contributed by atoms with Gasteiger partial charge in [-0.2, -0.15) is 5.10 Å². The first-order valence-electron chi connectivity index (χ1n) is 8.58. The van der Waals surface area contributed by atoms with Crippen LogP contribution in [0.3, 0.4) is 0 Å². The van der Waals surface area contributed by atoms with Crippen molar-refractivity contribution in [1.82, 2.24) is 20.4 Å². The molecule has 124 valence electrons. The molecule has 1 amide bonds. The van der Waals surface area contributed by atoms with Crippen LogP contribution >= 0.6 is 0 Å². The molecule has 0 aliphatic carbocycles. The Balaban J connectivity index is 1.51. The number of H-pyrrole nitrogens is 1. The predicted molar refractivity (Wildman–Crippen MR) is 92.5 cm³/mol. The SMILES string of the molecule is CC(C)CCN1CCC(NC(=O)c2ccc3[nH]ncc3c2)CC1. The van der Waals surface area contributed by atoms with Crippen molar-refractivity contribution in [1.29, 1.82) is 0 Å². The molecule has 2 N–H and O–H groups in total. The molecule has 0 unspecified atom stereocenters. The van der Waals surface area contributed by atoms with Gasteiger partial charge in [-0.05, 0) is 49.9 Å². The van der Waals surface area contributed by atoms with Gasteiger partial charge in [-0.25, -0.2) is 0 Å². The van der Waals surface area contributed by atoms with Gasteiger partial charge in [0.05, 0.1) is 11.7 Å².